The van der Waals surface area contributed by atoms with E-state index in [4.69, 9.17) is 15.2 Å². The molecule has 0 fully saturated rings. The van der Waals surface area contributed by atoms with Gasteiger partial charge in [-0.2, -0.15) is 9.97 Å². The molecule has 2 heterocycles. The highest BCUT2D eigenvalue weighted by molar-refractivity contribution is 5.95. The van der Waals surface area contributed by atoms with Crippen molar-refractivity contribution < 1.29 is 14.3 Å². The van der Waals surface area contributed by atoms with Crippen LogP contribution in [0.2, 0.25) is 0 Å². The van der Waals surface area contributed by atoms with Crippen molar-refractivity contribution in [3.8, 4) is 5.88 Å². The molecule has 0 atom stereocenters. The van der Waals surface area contributed by atoms with Crippen LogP contribution in [0.5, 0.6) is 5.88 Å². The number of nitrogens with two attached hydrogens (primary N) is 1. The van der Waals surface area contributed by atoms with Crippen LogP contribution in [-0.4, -0.2) is 33.6 Å². The minimum Gasteiger partial charge on any atom is -0.480 e. The molecule has 7 nitrogen and oxygen atoms in total. The number of nitrogens with one attached hydrogen (secondary N) is 1. The molecule has 0 aliphatic heterocycles. The Labute approximate surface area is 110 Å². The Bertz CT molecular complexity index is 628. The number of nitrogen functional groups attached to an aromatic ring is 1. The zero-order valence-electron chi connectivity index (χ0n) is 11.3. The third-order valence-corrected chi connectivity index (χ3v) is 2.28. The third-order valence-electron chi connectivity index (χ3n) is 2.28. The maximum Gasteiger partial charge on any atom is 0.355 e. The maximum atomic E-state index is 11.9. The van der Waals surface area contributed by atoms with Crippen LogP contribution in [0.4, 0.5) is 5.95 Å². The fraction of sp³-hybridized carbons (Fsp3) is 0.417. The van der Waals surface area contributed by atoms with Gasteiger partial charge < -0.3 is 20.2 Å². The molecule has 0 spiro atoms. The van der Waals surface area contributed by atoms with Gasteiger partial charge in [-0.05, 0) is 26.8 Å². The average molecular weight is 264 g/mol. The second kappa shape index (κ2) is 4.42. The van der Waals surface area contributed by atoms with Crippen molar-refractivity contribution in [1.29, 1.82) is 0 Å². The highest BCUT2D eigenvalue weighted by Gasteiger charge is 2.21. The van der Waals surface area contributed by atoms with Crippen molar-refractivity contribution in [1.82, 2.24) is 15.0 Å². The zero-order chi connectivity index (χ0) is 14.2. The summed E-state index contributed by atoms with van der Waals surface area (Å²) >= 11 is 0. The fourth-order valence-electron chi connectivity index (χ4n) is 1.60. The molecule has 0 saturated heterocycles. The van der Waals surface area contributed by atoms with Crippen molar-refractivity contribution >= 4 is 23.0 Å². The number of esters is 1. The van der Waals surface area contributed by atoms with E-state index in [0.29, 0.717) is 16.9 Å². The first kappa shape index (κ1) is 13.1. The molecule has 0 aromatic carbocycles. The molecule has 102 valence electrons. The molecule has 0 amide bonds. The molecule has 7 heteroatoms. The molecule has 2 aromatic rings. The van der Waals surface area contributed by atoms with Gasteiger partial charge in [0.05, 0.1) is 12.5 Å². The lowest BCUT2D eigenvalue weighted by molar-refractivity contribution is 0.00638. The minimum atomic E-state index is -0.566. The van der Waals surface area contributed by atoms with Gasteiger partial charge in [0, 0.05) is 0 Å². The summed E-state index contributed by atoms with van der Waals surface area (Å²) < 4.78 is 10.4. The molecular formula is C12H16N4O3. The quantitative estimate of drug-likeness (QED) is 0.797. The zero-order valence-corrected chi connectivity index (χ0v) is 11.3. The number of aromatic nitrogens is 3. The molecule has 0 aliphatic carbocycles. The standard InChI is InChI=1S/C12H16N4O3/c1-12(2,3)19-10(17)7-5-6-8(14-7)15-11(13)16-9(6)18-4/h5H,1-4H3,(H3,13,14,15,16). The lowest BCUT2D eigenvalue weighted by Gasteiger charge is -2.18. The lowest BCUT2D eigenvalue weighted by atomic mass is 10.2. The largest absolute Gasteiger partial charge is 0.480 e. The second-order valence-corrected chi connectivity index (χ2v) is 5.04. The number of carbonyl (C=O) groups excluding carboxylic acids is 1. The van der Waals surface area contributed by atoms with Gasteiger partial charge in [-0.1, -0.05) is 0 Å². The molecule has 0 radical (unpaired) electrons. The van der Waals surface area contributed by atoms with Crippen LogP contribution in [0.15, 0.2) is 6.07 Å². The number of H-pyrrole nitrogens is 1. The summed E-state index contributed by atoms with van der Waals surface area (Å²) in [6.07, 6.45) is 0. The van der Waals surface area contributed by atoms with E-state index < -0.39 is 11.6 Å². The average Bonchev–Trinajstić information content (AvgIpc) is 2.69. The van der Waals surface area contributed by atoms with Crippen molar-refractivity contribution in [2.75, 3.05) is 12.8 Å². The molecule has 2 aromatic heterocycles. The van der Waals surface area contributed by atoms with Crippen molar-refractivity contribution in [3.05, 3.63) is 11.8 Å². The molecule has 0 saturated carbocycles. The third kappa shape index (κ3) is 2.75. The van der Waals surface area contributed by atoms with Crippen molar-refractivity contribution in [2.24, 2.45) is 0 Å². The van der Waals surface area contributed by atoms with Gasteiger partial charge >= 0.3 is 5.97 Å². The van der Waals surface area contributed by atoms with E-state index in [1.165, 1.54) is 7.11 Å². The first-order valence-corrected chi connectivity index (χ1v) is 5.74. The minimum absolute atomic E-state index is 0.0712. The number of methoxy groups -OCH3 is 1. The molecule has 3 N–H and O–H groups in total. The van der Waals surface area contributed by atoms with Crippen LogP contribution in [0, 0.1) is 0 Å². The van der Waals surface area contributed by atoms with Gasteiger partial charge in [0.1, 0.15) is 16.9 Å². The Hall–Kier alpha value is -2.31. The van der Waals surface area contributed by atoms with Crippen LogP contribution in [0.3, 0.4) is 0 Å². The lowest BCUT2D eigenvalue weighted by Crippen LogP contribution is -2.24. The first-order valence-electron chi connectivity index (χ1n) is 5.74. The van der Waals surface area contributed by atoms with E-state index in [0.717, 1.165) is 0 Å². The Morgan fingerprint density at radius 1 is 1.37 bits per heavy atom. The molecule has 0 bridgehead atoms. The van der Waals surface area contributed by atoms with E-state index in [1.54, 1.807) is 26.8 Å². The summed E-state index contributed by atoms with van der Waals surface area (Å²) in [5, 5.41) is 0.581. The summed E-state index contributed by atoms with van der Waals surface area (Å²) in [5.74, 6) is -0.0818. The van der Waals surface area contributed by atoms with Crippen LogP contribution < -0.4 is 10.5 Å². The predicted molar refractivity (Wildman–Crippen MR) is 70.0 cm³/mol. The topological polar surface area (TPSA) is 103 Å². The van der Waals surface area contributed by atoms with E-state index in [9.17, 15) is 4.79 Å². The number of carbonyl (C=O) groups is 1. The van der Waals surface area contributed by atoms with Gasteiger partial charge in [0.15, 0.2) is 0 Å². The number of hydrogen-bond acceptors (Lipinski definition) is 6. The summed E-state index contributed by atoms with van der Waals surface area (Å²) in [5.41, 5.74) is 5.70. The van der Waals surface area contributed by atoms with E-state index in [2.05, 4.69) is 15.0 Å². The van der Waals surface area contributed by atoms with Crippen LogP contribution >= 0.6 is 0 Å². The number of anilines is 1. The van der Waals surface area contributed by atoms with E-state index in [1.807, 2.05) is 0 Å². The molecule has 0 unspecified atom stereocenters. The van der Waals surface area contributed by atoms with Crippen LogP contribution in [0.25, 0.3) is 11.0 Å². The van der Waals surface area contributed by atoms with Gasteiger partial charge in [0.25, 0.3) is 0 Å². The number of fused-ring (bicyclic) bond motifs is 1. The fourth-order valence-corrected chi connectivity index (χ4v) is 1.60. The van der Waals surface area contributed by atoms with Crippen LogP contribution in [-0.2, 0) is 4.74 Å². The summed E-state index contributed by atoms with van der Waals surface area (Å²) in [7, 11) is 1.47. The highest BCUT2D eigenvalue weighted by atomic mass is 16.6. The van der Waals surface area contributed by atoms with Crippen LogP contribution in [0.1, 0.15) is 31.3 Å². The SMILES string of the molecule is COc1nc(N)nc2[nH]c(C(=O)OC(C)(C)C)cc12. The number of hydrogen-bond donors (Lipinski definition) is 2. The number of ether oxygens (including phenoxy) is 2. The molecule has 2 rings (SSSR count). The number of aromatic amines is 1. The normalized spacial score (nSPS) is 11.6. The van der Waals surface area contributed by atoms with Gasteiger partial charge in [-0.15, -0.1) is 0 Å². The van der Waals surface area contributed by atoms with Crippen molar-refractivity contribution in [2.45, 2.75) is 26.4 Å². The number of rotatable bonds is 2. The highest BCUT2D eigenvalue weighted by Crippen LogP contribution is 2.24. The Kier molecular flexibility index (Phi) is 3.05. The maximum absolute atomic E-state index is 11.9. The first-order chi connectivity index (χ1) is 8.80. The number of nitrogens with zero attached hydrogens (tertiary/aromatic N) is 2. The Morgan fingerprint density at radius 2 is 2.05 bits per heavy atom. The van der Waals surface area contributed by atoms with Crippen molar-refractivity contribution in [3.63, 3.8) is 0 Å². The predicted octanol–water partition coefficient (Wildman–Crippen LogP) is 1.50. The summed E-state index contributed by atoms with van der Waals surface area (Å²) in [4.78, 5) is 22.7. The van der Waals surface area contributed by atoms with E-state index >= 15 is 0 Å². The smallest absolute Gasteiger partial charge is 0.355 e. The second-order valence-electron chi connectivity index (χ2n) is 5.04. The Morgan fingerprint density at radius 3 is 2.63 bits per heavy atom. The van der Waals surface area contributed by atoms with E-state index in [-0.39, 0.29) is 11.6 Å². The van der Waals surface area contributed by atoms with Gasteiger partial charge in [-0.25, -0.2) is 4.79 Å². The molecule has 19 heavy (non-hydrogen) atoms. The molecular weight excluding hydrogens is 248 g/mol. The Balaban J connectivity index is 2.44. The van der Waals surface area contributed by atoms with Gasteiger partial charge in [-0.3, -0.25) is 0 Å². The molecule has 0 aliphatic rings. The van der Waals surface area contributed by atoms with Gasteiger partial charge in [0.2, 0.25) is 11.8 Å². The monoisotopic (exact) mass is 264 g/mol. The summed E-state index contributed by atoms with van der Waals surface area (Å²) in [6, 6.07) is 1.58. The summed E-state index contributed by atoms with van der Waals surface area (Å²) in [6.45, 7) is 5.39.